The number of nitrogens with zero attached hydrogens (tertiary/aromatic N) is 1. The zero-order chi connectivity index (χ0) is 15.5. The Morgan fingerprint density at radius 3 is 2.35 bits per heavy atom. The number of nitrogens with one attached hydrogen (secondary N) is 1. The molecule has 0 bridgehead atoms. The highest BCUT2D eigenvalue weighted by Gasteiger charge is 2.32. The van der Waals surface area contributed by atoms with E-state index in [-0.39, 0.29) is 6.04 Å². The van der Waals surface area contributed by atoms with Gasteiger partial charge in [-0.3, -0.25) is 0 Å². The third-order valence-corrected chi connectivity index (χ3v) is 5.89. The van der Waals surface area contributed by atoms with Crippen LogP contribution in [0.2, 0.25) is 0 Å². The van der Waals surface area contributed by atoms with Crippen molar-refractivity contribution in [3.63, 3.8) is 0 Å². The highest BCUT2D eigenvalue weighted by molar-refractivity contribution is 7.89. The molecule has 1 N–H and O–H groups in total. The van der Waals surface area contributed by atoms with E-state index in [0.29, 0.717) is 23.0 Å². The molecule has 20 heavy (non-hydrogen) atoms. The van der Waals surface area contributed by atoms with Gasteiger partial charge in [-0.2, -0.15) is 4.31 Å². The Bertz CT molecular complexity index is 549. The number of aryl methyl sites for hydroxylation is 2. The summed E-state index contributed by atoms with van der Waals surface area (Å²) in [4.78, 5) is 0.318. The predicted octanol–water partition coefficient (Wildman–Crippen LogP) is 2.42. The van der Waals surface area contributed by atoms with Gasteiger partial charge in [-0.1, -0.05) is 13.8 Å². The van der Waals surface area contributed by atoms with Crippen LogP contribution < -0.4 is 5.32 Å². The molecular weight excluding hydrogens is 276 g/mol. The maximum absolute atomic E-state index is 12.8. The van der Waals surface area contributed by atoms with Crippen LogP contribution in [0.15, 0.2) is 9.31 Å². The van der Waals surface area contributed by atoms with Crippen LogP contribution in [0.3, 0.4) is 0 Å². The first-order chi connectivity index (χ1) is 9.27. The minimum Gasteiger partial charge on any atom is -0.465 e. The van der Waals surface area contributed by atoms with E-state index in [2.05, 4.69) is 5.32 Å². The van der Waals surface area contributed by atoms with Crippen LogP contribution in [0, 0.1) is 13.8 Å². The van der Waals surface area contributed by atoms with Gasteiger partial charge in [0.15, 0.2) is 0 Å². The third-order valence-electron chi connectivity index (χ3n) is 3.73. The molecule has 6 heteroatoms. The van der Waals surface area contributed by atoms with Crippen LogP contribution >= 0.6 is 0 Å². The molecule has 0 aliphatic rings. The standard InChI is InChI=1S/C14H26N2O3S/c1-7-10(3)16(6)20(17,18)14-12(5)19-11(4)13(14)9-15-8-2/h10,15H,7-9H2,1-6H3. The molecular formula is C14H26N2O3S. The topological polar surface area (TPSA) is 62.6 Å². The summed E-state index contributed by atoms with van der Waals surface area (Å²) in [7, 11) is -1.89. The first-order valence-corrected chi connectivity index (χ1v) is 8.48. The SMILES string of the molecule is CCNCc1c(C)oc(C)c1S(=O)(=O)N(C)C(C)CC. The fraction of sp³-hybridized carbons (Fsp3) is 0.714. The summed E-state index contributed by atoms with van der Waals surface area (Å²) in [5, 5.41) is 3.17. The minimum atomic E-state index is -3.52. The van der Waals surface area contributed by atoms with Crippen molar-refractivity contribution in [2.75, 3.05) is 13.6 Å². The van der Waals surface area contributed by atoms with Gasteiger partial charge in [0.05, 0.1) is 0 Å². The summed E-state index contributed by atoms with van der Waals surface area (Å²) in [6, 6.07) is -0.0402. The number of sulfonamides is 1. The molecule has 116 valence electrons. The Morgan fingerprint density at radius 1 is 1.25 bits per heavy atom. The monoisotopic (exact) mass is 302 g/mol. The molecule has 1 heterocycles. The molecule has 0 aliphatic heterocycles. The van der Waals surface area contributed by atoms with Crippen molar-refractivity contribution in [2.24, 2.45) is 0 Å². The van der Waals surface area contributed by atoms with Gasteiger partial charge in [-0.25, -0.2) is 8.42 Å². The van der Waals surface area contributed by atoms with Crippen molar-refractivity contribution < 1.29 is 12.8 Å². The van der Waals surface area contributed by atoms with E-state index >= 15 is 0 Å². The van der Waals surface area contributed by atoms with E-state index in [1.807, 2.05) is 27.7 Å². The molecule has 0 radical (unpaired) electrons. The molecule has 1 unspecified atom stereocenters. The number of hydrogen-bond acceptors (Lipinski definition) is 4. The van der Waals surface area contributed by atoms with E-state index in [0.717, 1.165) is 18.5 Å². The highest BCUT2D eigenvalue weighted by atomic mass is 32.2. The Labute approximate surface area is 122 Å². The normalized spacial score (nSPS) is 13.9. The molecule has 0 aliphatic carbocycles. The number of rotatable bonds is 7. The zero-order valence-electron chi connectivity index (χ0n) is 13.3. The van der Waals surface area contributed by atoms with Gasteiger partial charge in [0.2, 0.25) is 10.0 Å². The molecule has 0 aromatic carbocycles. The lowest BCUT2D eigenvalue weighted by Crippen LogP contribution is -2.35. The van der Waals surface area contributed by atoms with Crippen LogP contribution in [-0.4, -0.2) is 32.4 Å². The van der Waals surface area contributed by atoms with Crippen molar-refractivity contribution in [2.45, 2.75) is 58.5 Å². The quantitative estimate of drug-likeness (QED) is 0.840. The van der Waals surface area contributed by atoms with Gasteiger partial charge < -0.3 is 9.73 Å². The zero-order valence-corrected chi connectivity index (χ0v) is 14.1. The molecule has 0 saturated heterocycles. The smallest absolute Gasteiger partial charge is 0.246 e. The molecule has 1 rings (SSSR count). The summed E-state index contributed by atoms with van der Waals surface area (Å²) in [6.45, 7) is 10.7. The maximum Gasteiger partial charge on any atom is 0.246 e. The molecule has 0 spiro atoms. The molecule has 1 aromatic heterocycles. The Hall–Kier alpha value is -0.850. The summed E-state index contributed by atoms with van der Waals surface area (Å²) in [6.07, 6.45) is 0.772. The van der Waals surface area contributed by atoms with Gasteiger partial charge >= 0.3 is 0 Å². The van der Waals surface area contributed by atoms with Crippen LogP contribution in [0.1, 0.15) is 44.3 Å². The van der Waals surface area contributed by atoms with Crippen molar-refractivity contribution in [3.8, 4) is 0 Å². The van der Waals surface area contributed by atoms with Crippen molar-refractivity contribution in [1.82, 2.24) is 9.62 Å². The average molecular weight is 302 g/mol. The van der Waals surface area contributed by atoms with Gasteiger partial charge in [-0.15, -0.1) is 0 Å². The largest absolute Gasteiger partial charge is 0.465 e. The number of furan rings is 1. The lowest BCUT2D eigenvalue weighted by Gasteiger charge is -2.23. The van der Waals surface area contributed by atoms with Crippen LogP contribution in [-0.2, 0) is 16.6 Å². The van der Waals surface area contributed by atoms with E-state index in [9.17, 15) is 8.42 Å². The van der Waals surface area contributed by atoms with Crippen LogP contribution in [0.4, 0.5) is 0 Å². The fourth-order valence-electron chi connectivity index (χ4n) is 2.14. The number of hydrogen-bond donors (Lipinski definition) is 1. The first-order valence-electron chi connectivity index (χ1n) is 7.04. The summed E-state index contributed by atoms with van der Waals surface area (Å²) < 4.78 is 32.6. The summed E-state index contributed by atoms with van der Waals surface area (Å²) >= 11 is 0. The molecule has 1 atom stereocenters. The Morgan fingerprint density at radius 2 is 1.85 bits per heavy atom. The first kappa shape index (κ1) is 17.2. The predicted molar refractivity (Wildman–Crippen MR) is 80.3 cm³/mol. The van der Waals surface area contributed by atoms with Crippen molar-refractivity contribution >= 4 is 10.0 Å². The maximum atomic E-state index is 12.8. The van der Waals surface area contributed by atoms with Gasteiger partial charge in [0.1, 0.15) is 16.4 Å². The van der Waals surface area contributed by atoms with Gasteiger partial charge in [0, 0.05) is 25.2 Å². The second kappa shape index (κ2) is 6.74. The molecule has 1 aromatic rings. The second-order valence-electron chi connectivity index (χ2n) is 5.08. The second-order valence-corrected chi connectivity index (χ2v) is 7.02. The highest BCUT2D eigenvalue weighted by Crippen LogP contribution is 2.29. The molecule has 0 amide bonds. The third kappa shape index (κ3) is 3.24. The van der Waals surface area contributed by atoms with E-state index in [1.54, 1.807) is 14.0 Å². The van der Waals surface area contributed by atoms with Crippen LogP contribution in [0.5, 0.6) is 0 Å². The lowest BCUT2D eigenvalue weighted by molar-refractivity contribution is 0.379. The fourth-order valence-corrected chi connectivity index (χ4v) is 3.98. The molecule has 0 fully saturated rings. The molecule has 0 saturated carbocycles. The summed E-state index contributed by atoms with van der Waals surface area (Å²) in [5.74, 6) is 1.13. The van der Waals surface area contributed by atoms with Crippen molar-refractivity contribution in [3.05, 3.63) is 17.1 Å². The average Bonchev–Trinajstić information content (AvgIpc) is 2.69. The van der Waals surface area contributed by atoms with Gasteiger partial charge in [-0.05, 0) is 33.7 Å². The Balaban J connectivity index is 3.30. The summed E-state index contributed by atoms with van der Waals surface area (Å²) in [5.41, 5.74) is 0.736. The van der Waals surface area contributed by atoms with Crippen LogP contribution in [0.25, 0.3) is 0 Å². The van der Waals surface area contributed by atoms with E-state index < -0.39 is 10.0 Å². The van der Waals surface area contributed by atoms with E-state index in [1.165, 1.54) is 4.31 Å². The Kier molecular flexibility index (Phi) is 5.79. The lowest BCUT2D eigenvalue weighted by atomic mass is 10.2. The molecule has 5 nitrogen and oxygen atoms in total. The van der Waals surface area contributed by atoms with Crippen molar-refractivity contribution in [1.29, 1.82) is 0 Å². The minimum absolute atomic E-state index is 0.0402. The van der Waals surface area contributed by atoms with Gasteiger partial charge in [0.25, 0.3) is 0 Å². The van der Waals surface area contributed by atoms with E-state index in [4.69, 9.17) is 4.42 Å².